The number of nitrogens with two attached hydrogens (primary N) is 2. The van der Waals surface area contributed by atoms with Gasteiger partial charge in [0.2, 0.25) is 6.79 Å². The maximum Gasteiger partial charge on any atom is 0.255 e. The van der Waals surface area contributed by atoms with Crippen LogP contribution in [0.3, 0.4) is 0 Å². The number of primary amides is 1. The number of phenolic OH excluding ortho intramolecular Hbond substituents is 1. The Morgan fingerprint density at radius 3 is 2.36 bits per heavy atom. The maximum absolute atomic E-state index is 14.1. The number of aliphatic hydroxyl groups is 2. The first-order valence-electron chi connectivity index (χ1n) is 14.2. The molecule has 0 spiro atoms. The van der Waals surface area contributed by atoms with Gasteiger partial charge in [0, 0.05) is 25.4 Å². The number of benzene rings is 2. The smallest absolute Gasteiger partial charge is 0.255 e. The summed E-state index contributed by atoms with van der Waals surface area (Å²) in [7, 11) is 7.01. The molecule has 232 valence electrons. The van der Waals surface area contributed by atoms with E-state index in [1.165, 1.54) is 5.01 Å². The number of fused-ring (bicyclic) bond motifs is 4. The van der Waals surface area contributed by atoms with Crippen LogP contribution in [0.25, 0.3) is 5.76 Å². The molecule has 13 heteroatoms. The van der Waals surface area contributed by atoms with Crippen molar-refractivity contribution < 1.29 is 39.2 Å². The Bertz CT molecular complexity index is 1680. The molecule has 0 aromatic heterocycles. The van der Waals surface area contributed by atoms with Crippen LogP contribution >= 0.6 is 0 Å². The number of carbonyl (C=O) groups is 3. The number of amides is 1. The Hall–Kier alpha value is -4.75. The first-order chi connectivity index (χ1) is 20.8. The van der Waals surface area contributed by atoms with Gasteiger partial charge in [0.15, 0.2) is 28.8 Å². The minimum atomic E-state index is -1.33. The van der Waals surface area contributed by atoms with Crippen LogP contribution in [-0.4, -0.2) is 78.7 Å². The van der Waals surface area contributed by atoms with Gasteiger partial charge in [0.25, 0.3) is 5.91 Å². The fourth-order valence-corrected chi connectivity index (χ4v) is 7.24. The molecule has 6 rings (SSSR count). The highest BCUT2D eigenvalue weighted by molar-refractivity contribution is 6.28. The van der Waals surface area contributed by atoms with Crippen molar-refractivity contribution in [1.29, 1.82) is 0 Å². The number of carbonyl (C=O) groups excluding carboxylic acids is 3. The second-order valence-corrected chi connectivity index (χ2v) is 12.1. The molecule has 44 heavy (non-hydrogen) atoms. The molecule has 1 saturated carbocycles. The van der Waals surface area contributed by atoms with Gasteiger partial charge in [-0.05, 0) is 68.1 Å². The minimum absolute atomic E-state index is 0.00585. The number of ketones is 2. The average Bonchev–Trinajstić information content (AvgIpc) is 3.40. The molecule has 0 saturated heterocycles. The quantitative estimate of drug-likeness (QED) is 0.138. The topological polar surface area (TPSA) is 192 Å². The Kier molecular flexibility index (Phi) is 6.97. The molecule has 2 aromatic carbocycles. The summed E-state index contributed by atoms with van der Waals surface area (Å²) in [6.45, 7) is 0.297. The zero-order valence-corrected chi connectivity index (χ0v) is 24.8. The largest absolute Gasteiger partial charge is 0.510 e. The number of allylic oxidation sites excluding steroid dienone is 1. The highest BCUT2D eigenvalue weighted by atomic mass is 16.7. The Labute approximate surface area is 253 Å². The molecule has 0 radical (unpaired) electrons. The molecular weight excluding hydrogens is 570 g/mol. The Morgan fingerprint density at radius 2 is 1.70 bits per heavy atom. The van der Waals surface area contributed by atoms with E-state index in [2.05, 4.69) is 0 Å². The number of rotatable bonds is 6. The number of hydrogen-bond acceptors (Lipinski definition) is 12. The molecule has 1 aliphatic heterocycles. The number of Topliss-reactive ketones (excluding diaryl/α,β-unsaturated/α-hetero) is 2. The van der Waals surface area contributed by atoms with E-state index in [4.69, 9.17) is 21.1 Å². The van der Waals surface area contributed by atoms with Crippen LogP contribution in [0.1, 0.15) is 23.1 Å². The molecule has 4 atom stereocenters. The van der Waals surface area contributed by atoms with E-state index in [0.29, 0.717) is 22.7 Å². The third-order valence-corrected chi connectivity index (χ3v) is 9.10. The molecular formula is C31H35N5O8. The molecule has 4 aliphatic rings. The predicted molar refractivity (Wildman–Crippen MR) is 160 cm³/mol. The van der Waals surface area contributed by atoms with Gasteiger partial charge >= 0.3 is 0 Å². The number of anilines is 2. The van der Waals surface area contributed by atoms with E-state index in [0.717, 1.165) is 5.56 Å². The normalized spacial score (nSPS) is 23.9. The third-order valence-electron chi connectivity index (χ3n) is 9.10. The first-order valence-corrected chi connectivity index (χ1v) is 14.2. The van der Waals surface area contributed by atoms with E-state index in [9.17, 15) is 29.7 Å². The second-order valence-electron chi connectivity index (χ2n) is 12.1. The predicted octanol–water partition coefficient (Wildman–Crippen LogP) is 1.52. The zero-order valence-electron chi connectivity index (χ0n) is 24.8. The second kappa shape index (κ2) is 10.5. The van der Waals surface area contributed by atoms with Gasteiger partial charge in [-0.25, -0.2) is 5.84 Å². The van der Waals surface area contributed by atoms with Crippen LogP contribution in [0.4, 0.5) is 11.4 Å². The maximum atomic E-state index is 14.1. The van der Waals surface area contributed by atoms with Crippen molar-refractivity contribution >= 4 is 34.6 Å². The number of likely N-dealkylation sites (N-methyl/N-ethyl adjacent to an activating group) is 1. The lowest BCUT2D eigenvalue weighted by Gasteiger charge is -2.46. The first kappa shape index (κ1) is 29.3. The number of aliphatic hydroxyl groups excluding tert-OH is 2. The standard InChI is InChI=1S/C31H35N5O8/c1-34(2)17-10-18(36(33)11-13-5-6-19-20(7-13)44-12-43-19)26(37)22-15(17)8-14-9-16-23(28(39)21(14)27(22)38)29(40)24(31(32)42)30(41)25(16)35(3)4/h5-7,10,14,16,23,25,37-38,41H,8-9,11-12,33H2,1-4H3,(H2,32,42)/t14-,16+,23?,25-/m0/s1. The van der Waals surface area contributed by atoms with Crippen molar-refractivity contribution in [2.24, 2.45) is 29.3 Å². The summed E-state index contributed by atoms with van der Waals surface area (Å²) in [5, 5.41) is 35.6. The van der Waals surface area contributed by atoms with E-state index >= 15 is 0 Å². The molecule has 3 aliphatic carbocycles. The number of nitrogens with zero attached hydrogens (tertiary/aromatic N) is 3. The fraction of sp³-hybridized carbons (Fsp3) is 0.387. The van der Waals surface area contributed by atoms with Gasteiger partial charge in [0.1, 0.15) is 17.1 Å². The number of ether oxygens (including phenoxy) is 2. The van der Waals surface area contributed by atoms with Crippen molar-refractivity contribution in [2.45, 2.75) is 25.4 Å². The molecule has 2 aromatic rings. The van der Waals surface area contributed by atoms with Crippen LogP contribution in [-0.2, 0) is 27.3 Å². The summed E-state index contributed by atoms with van der Waals surface area (Å²) in [6.07, 6.45) is 0.543. The van der Waals surface area contributed by atoms with Gasteiger partial charge in [0.05, 0.1) is 29.8 Å². The van der Waals surface area contributed by atoms with Crippen molar-refractivity contribution in [1.82, 2.24) is 4.90 Å². The number of aromatic hydroxyl groups is 1. The monoisotopic (exact) mass is 605 g/mol. The molecule has 13 nitrogen and oxygen atoms in total. The molecule has 1 unspecified atom stereocenters. The highest BCUT2D eigenvalue weighted by Gasteiger charge is 2.56. The summed E-state index contributed by atoms with van der Waals surface area (Å²) < 4.78 is 10.8. The number of phenols is 1. The SMILES string of the molecule is CN(C)c1cc(N(N)Cc2ccc3c(c2)OCO3)c(O)c2c1C[C@H]1C[C@@H]3C(C(=O)C(C(N)=O)=C(O)[C@H]3N(C)C)C(=O)C1=C2O. The lowest BCUT2D eigenvalue weighted by molar-refractivity contribution is -0.136. The summed E-state index contributed by atoms with van der Waals surface area (Å²) >= 11 is 0. The Morgan fingerprint density at radius 1 is 1.00 bits per heavy atom. The van der Waals surface area contributed by atoms with Gasteiger partial charge in [-0.3, -0.25) is 19.3 Å². The molecule has 1 amide bonds. The zero-order chi connectivity index (χ0) is 31.8. The van der Waals surface area contributed by atoms with Gasteiger partial charge in [-0.2, -0.15) is 0 Å². The van der Waals surface area contributed by atoms with Crippen molar-refractivity contribution in [3.8, 4) is 17.2 Å². The van der Waals surface area contributed by atoms with E-state index in [1.807, 2.05) is 25.1 Å². The lowest BCUT2D eigenvalue weighted by atomic mass is 9.59. The van der Waals surface area contributed by atoms with Crippen molar-refractivity contribution in [3.63, 3.8) is 0 Å². The fourth-order valence-electron chi connectivity index (χ4n) is 7.24. The molecule has 1 heterocycles. The van der Waals surface area contributed by atoms with Crippen molar-refractivity contribution in [3.05, 3.63) is 57.9 Å². The lowest BCUT2D eigenvalue weighted by Crippen LogP contribution is -2.55. The number of hydrogen-bond donors (Lipinski definition) is 5. The van der Waals surface area contributed by atoms with Crippen LogP contribution in [0.2, 0.25) is 0 Å². The summed E-state index contributed by atoms with van der Waals surface area (Å²) in [5.74, 6) is 1.34. The van der Waals surface area contributed by atoms with Crippen molar-refractivity contribution in [2.75, 3.05) is 44.9 Å². The molecule has 7 N–H and O–H groups in total. The summed E-state index contributed by atoms with van der Waals surface area (Å²) in [4.78, 5) is 43.2. The van der Waals surface area contributed by atoms with Crippen LogP contribution in [0.5, 0.6) is 17.2 Å². The van der Waals surface area contributed by atoms with E-state index < -0.39 is 58.4 Å². The summed E-state index contributed by atoms with van der Waals surface area (Å²) in [6, 6.07) is 6.31. The average molecular weight is 606 g/mol. The van der Waals surface area contributed by atoms with Crippen LogP contribution in [0, 0.1) is 17.8 Å². The van der Waals surface area contributed by atoms with Gasteiger partial charge in [-0.1, -0.05) is 6.07 Å². The third kappa shape index (κ3) is 4.34. The van der Waals surface area contributed by atoms with Gasteiger partial charge < -0.3 is 40.4 Å². The molecule has 1 fully saturated rings. The van der Waals surface area contributed by atoms with Crippen LogP contribution in [0.15, 0.2) is 41.2 Å². The Balaban J connectivity index is 1.44. The summed E-state index contributed by atoms with van der Waals surface area (Å²) in [5.41, 5.74) is 7.21. The van der Waals surface area contributed by atoms with E-state index in [-0.39, 0.29) is 48.8 Å². The molecule has 0 bridgehead atoms. The van der Waals surface area contributed by atoms with Gasteiger partial charge in [-0.15, -0.1) is 0 Å². The van der Waals surface area contributed by atoms with E-state index in [1.54, 1.807) is 37.2 Å². The minimum Gasteiger partial charge on any atom is -0.510 e. The van der Waals surface area contributed by atoms with Crippen LogP contribution < -0.4 is 31.0 Å². The number of hydrazine groups is 1. The highest BCUT2D eigenvalue weighted by Crippen LogP contribution is 2.53.